The van der Waals surface area contributed by atoms with Crippen molar-refractivity contribution in [1.29, 1.82) is 0 Å². The molecule has 0 saturated carbocycles. The Kier molecular flexibility index (Phi) is 9.86. The van der Waals surface area contributed by atoms with Crippen LogP contribution in [0.5, 0.6) is 0 Å². The number of aliphatic carboxylic acids is 2. The molecule has 220 valence electrons. The second-order valence-corrected chi connectivity index (χ2v) is 9.09. The van der Waals surface area contributed by atoms with Crippen molar-refractivity contribution < 1.29 is 50.5 Å². The molecule has 0 spiro atoms. The third-order valence-corrected chi connectivity index (χ3v) is 6.08. The van der Waals surface area contributed by atoms with Gasteiger partial charge in [-0.25, -0.2) is 23.9 Å². The van der Waals surface area contributed by atoms with Crippen molar-refractivity contribution in [2.24, 2.45) is 5.92 Å². The number of carboxylic acid groups (broad SMARTS) is 2. The molecule has 2 atom stereocenters. The molecule has 15 heteroatoms. The van der Waals surface area contributed by atoms with Gasteiger partial charge in [-0.2, -0.15) is 26.3 Å². The van der Waals surface area contributed by atoms with Gasteiger partial charge in [-0.3, -0.25) is 4.90 Å². The lowest BCUT2D eigenvalue weighted by molar-refractivity contribution is -0.193. The summed E-state index contributed by atoms with van der Waals surface area (Å²) in [5.41, 5.74) is 4.63. The van der Waals surface area contributed by atoms with Gasteiger partial charge in [0, 0.05) is 37.4 Å². The lowest BCUT2D eigenvalue weighted by atomic mass is 9.99. The highest BCUT2D eigenvalue weighted by atomic mass is 19.4. The number of nitrogens with one attached hydrogen (secondary N) is 1. The Morgan fingerprint density at radius 2 is 1.46 bits per heavy atom. The summed E-state index contributed by atoms with van der Waals surface area (Å²) in [6.45, 7) is 2.92. The number of carbonyl (C=O) groups is 2. The van der Waals surface area contributed by atoms with Crippen LogP contribution < -0.4 is 5.32 Å². The van der Waals surface area contributed by atoms with Crippen LogP contribution in [0, 0.1) is 11.7 Å². The molecule has 2 aromatic carbocycles. The van der Waals surface area contributed by atoms with Gasteiger partial charge >= 0.3 is 24.3 Å². The van der Waals surface area contributed by atoms with E-state index in [1.165, 1.54) is 23.4 Å². The standard InChI is InChI=1S/C22H21FN4.2C2HF3O2/c23-18-8-6-15(7-9-18)12-27-13-17-10-16-11-24-22(26-21(16)20(17)14-27)25-19-4-2-1-3-5-19;2*3-2(4,5)1(6)7/h1-9,11,17,20H,10,12-14H2,(H,24,25,26);2*(H,6,7). The van der Waals surface area contributed by atoms with Crippen LogP contribution in [0.25, 0.3) is 0 Å². The van der Waals surface area contributed by atoms with Crippen LogP contribution in [0.3, 0.4) is 0 Å². The molecule has 2 unspecified atom stereocenters. The Hall–Kier alpha value is -4.27. The Labute approximate surface area is 228 Å². The van der Waals surface area contributed by atoms with Gasteiger partial charge in [0.2, 0.25) is 5.95 Å². The summed E-state index contributed by atoms with van der Waals surface area (Å²) in [4.78, 5) is 29.6. The molecule has 1 aliphatic heterocycles. The molecule has 1 saturated heterocycles. The number of fused-ring (bicyclic) bond motifs is 3. The van der Waals surface area contributed by atoms with Crippen molar-refractivity contribution in [1.82, 2.24) is 14.9 Å². The lowest BCUT2D eigenvalue weighted by Gasteiger charge is -2.17. The number of halogens is 7. The van der Waals surface area contributed by atoms with Crippen molar-refractivity contribution in [3.63, 3.8) is 0 Å². The van der Waals surface area contributed by atoms with Crippen LogP contribution in [0.4, 0.5) is 42.4 Å². The number of alkyl halides is 6. The number of anilines is 2. The minimum absolute atomic E-state index is 0.180. The number of aromatic nitrogens is 2. The van der Waals surface area contributed by atoms with Crippen LogP contribution >= 0.6 is 0 Å². The first-order valence-electron chi connectivity index (χ1n) is 11.9. The quantitative estimate of drug-likeness (QED) is 0.348. The van der Waals surface area contributed by atoms with E-state index in [1.54, 1.807) is 0 Å². The molecule has 3 aromatic rings. The number of likely N-dealkylation sites (tertiary alicyclic amines) is 1. The molecule has 1 aromatic heterocycles. The monoisotopic (exact) mass is 588 g/mol. The predicted molar refractivity (Wildman–Crippen MR) is 131 cm³/mol. The number of hydrogen-bond donors (Lipinski definition) is 3. The van der Waals surface area contributed by atoms with Gasteiger partial charge in [-0.15, -0.1) is 0 Å². The summed E-state index contributed by atoms with van der Waals surface area (Å²) in [7, 11) is 0. The SMILES string of the molecule is Fc1ccc(CN2CC3Cc4cnc(Nc5ccccc5)nc4C3C2)cc1.O=C(O)C(F)(F)F.O=C(O)C(F)(F)F. The van der Waals surface area contributed by atoms with Crippen LogP contribution in [-0.4, -0.2) is 62.5 Å². The van der Waals surface area contributed by atoms with E-state index in [2.05, 4.69) is 15.2 Å². The lowest BCUT2D eigenvalue weighted by Crippen LogP contribution is -2.21. The summed E-state index contributed by atoms with van der Waals surface area (Å²) < 4.78 is 76.6. The van der Waals surface area contributed by atoms with Gasteiger partial charge in [0.25, 0.3) is 0 Å². The average molecular weight is 588 g/mol. The minimum Gasteiger partial charge on any atom is -0.475 e. The van der Waals surface area contributed by atoms with Crippen molar-refractivity contribution in [3.8, 4) is 0 Å². The first-order chi connectivity index (χ1) is 19.1. The first-order valence-corrected chi connectivity index (χ1v) is 11.9. The predicted octanol–water partition coefficient (Wildman–Crippen LogP) is 5.40. The number of hydrogen-bond acceptors (Lipinski definition) is 6. The maximum absolute atomic E-state index is 13.1. The largest absolute Gasteiger partial charge is 0.490 e. The molecule has 1 fully saturated rings. The van der Waals surface area contributed by atoms with Crippen LogP contribution in [0.2, 0.25) is 0 Å². The van der Waals surface area contributed by atoms with Crippen molar-refractivity contribution in [2.75, 3.05) is 18.4 Å². The van der Waals surface area contributed by atoms with Gasteiger partial charge in [0.15, 0.2) is 0 Å². The number of carboxylic acids is 2. The van der Waals surface area contributed by atoms with E-state index in [9.17, 15) is 30.7 Å². The fourth-order valence-corrected chi connectivity index (χ4v) is 4.35. The Balaban J connectivity index is 0.000000276. The fraction of sp³-hybridized carbons (Fsp3) is 0.308. The molecule has 8 nitrogen and oxygen atoms in total. The third-order valence-electron chi connectivity index (χ3n) is 6.08. The van der Waals surface area contributed by atoms with Gasteiger partial charge in [0.1, 0.15) is 5.82 Å². The molecule has 0 amide bonds. The van der Waals surface area contributed by atoms with Crippen molar-refractivity contribution in [2.45, 2.75) is 31.2 Å². The smallest absolute Gasteiger partial charge is 0.475 e. The zero-order chi connectivity index (χ0) is 30.4. The molecule has 2 aliphatic rings. The molecule has 2 heterocycles. The Morgan fingerprint density at radius 1 is 0.902 bits per heavy atom. The van der Waals surface area contributed by atoms with Crippen molar-refractivity contribution in [3.05, 3.63) is 83.4 Å². The molecule has 0 radical (unpaired) electrons. The zero-order valence-corrected chi connectivity index (χ0v) is 21.0. The second-order valence-electron chi connectivity index (χ2n) is 9.09. The van der Waals surface area contributed by atoms with E-state index >= 15 is 0 Å². The Bertz CT molecular complexity index is 1310. The second kappa shape index (κ2) is 12.9. The maximum atomic E-state index is 13.1. The molecule has 1 aliphatic carbocycles. The molecular formula is C26H23F7N4O4. The van der Waals surface area contributed by atoms with Gasteiger partial charge < -0.3 is 15.5 Å². The van der Waals surface area contributed by atoms with Gasteiger partial charge in [0.05, 0.1) is 5.69 Å². The average Bonchev–Trinajstić information content (AvgIpc) is 3.43. The van der Waals surface area contributed by atoms with Crippen LogP contribution in [-0.2, 0) is 22.6 Å². The highest BCUT2D eigenvalue weighted by molar-refractivity contribution is 5.73. The highest BCUT2D eigenvalue weighted by Crippen LogP contribution is 2.42. The van der Waals surface area contributed by atoms with Gasteiger partial charge in [-0.1, -0.05) is 30.3 Å². The minimum atomic E-state index is -5.08. The summed E-state index contributed by atoms with van der Waals surface area (Å²) in [6.07, 6.45) is -7.14. The molecule has 41 heavy (non-hydrogen) atoms. The number of nitrogens with zero attached hydrogens (tertiary/aromatic N) is 3. The van der Waals surface area contributed by atoms with E-state index < -0.39 is 24.3 Å². The van der Waals surface area contributed by atoms with E-state index in [0.29, 0.717) is 17.8 Å². The summed E-state index contributed by atoms with van der Waals surface area (Å²) >= 11 is 0. The van der Waals surface area contributed by atoms with E-state index in [-0.39, 0.29) is 5.82 Å². The number of benzene rings is 2. The zero-order valence-electron chi connectivity index (χ0n) is 21.0. The van der Waals surface area contributed by atoms with Crippen LogP contribution in [0.1, 0.15) is 22.7 Å². The third kappa shape index (κ3) is 9.13. The topological polar surface area (TPSA) is 116 Å². The van der Waals surface area contributed by atoms with E-state index in [1.807, 2.05) is 48.7 Å². The molecular weight excluding hydrogens is 565 g/mol. The first kappa shape index (κ1) is 31.3. The summed E-state index contributed by atoms with van der Waals surface area (Å²) in [6, 6.07) is 16.8. The van der Waals surface area contributed by atoms with E-state index in [4.69, 9.17) is 24.8 Å². The van der Waals surface area contributed by atoms with E-state index in [0.717, 1.165) is 37.3 Å². The molecule has 0 bridgehead atoms. The maximum Gasteiger partial charge on any atom is 0.490 e. The van der Waals surface area contributed by atoms with Crippen LogP contribution in [0.15, 0.2) is 60.8 Å². The number of rotatable bonds is 4. The normalized spacial score (nSPS) is 17.7. The Morgan fingerprint density at radius 3 is 2.00 bits per heavy atom. The summed E-state index contributed by atoms with van der Waals surface area (Å²) in [5, 5.41) is 17.5. The number of para-hydroxylation sites is 1. The summed E-state index contributed by atoms with van der Waals surface area (Å²) in [5.74, 6) is -3.97. The highest BCUT2D eigenvalue weighted by Gasteiger charge is 2.41. The van der Waals surface area contributed by atoms with Gasteiger partial charge in [-0.05, 0) is 47.7 Å². The fourth-order valence-electron chi connectivity index (χ4n) is 4.35. The molecule has 5 rings (SSSR count). The van der Waals surface area contributed by atoms with Crippen molar-refractivity contribution >= 4 is 23.6 Å². The molecule has 3 N–H and O–H groups in total.